The number of carbonyl (C=O) groups is 1. The zero-order chi connectivity index (χ0) is 15.7. The number of furan rings is 1. The molecule has 0 bridgehead atoms. The average molecular weight is 311 g/mol. The van der Waals surface area contributed by atoms with Gasteiger partial charge in [0.05, 0.1) is 18.4 Å². The van der Waals surface area contributed by atoms with Crippen LogP contribution in [0.15, 0.2) is 47.5 Å². The van der Waals surface area contributed by atoms with Gasteiger partial charge >= 0.3 is 0 Å². The highest BCUT2D eigenvalue weighted by molar-refractivity contribution is 5.87. The van der Waals surface area contributed by atoms with Crippen molar-refractivity contribution in [2.45, 2.75) is 37.3 Å². The van der Waals surface area contributed by atoms with Crippen molar-refractivity contribution in [3.05, 3.63) is 54.2 Å². The standard InChI is InChI=1S/C18H21N3O2/c22-17-16(15-1-6-19-7-2-15)11-18(20-17)4-8-21(9-5-18)12-14-3-10-23-13-14/h1-3,6-7,10,13,16H,4-5,8-9,11-12H2,(H,20,22)/t16-/m1/s1. The predicted molar refractivity (Wildman–Crippen MR) is 85.7 cm³/mol. The van der Waals surface area contributed by atoms with E-state index in [4.69, 9.17) is 4.42 Å². The van der Waals surface area contributed by atoms with E-state index in [9.17, 15) is 4.79 Å². The second kappa shape index (κ2) is 5.81. The van der Waals surface area contributed by atoms with Crippen LogP contribution in [-0.2, 0) is 11.3 Å². The second-order valence-corrected chi connectivity index (χ2v) is 6.71. The summed E-state index contributed by atoms with van der Waals surface area (Å²) in [6, 6.07) is 5.93. The van der Waals surface area contributed by atoms with Crippen LogP contribution in [0.3, 0.4) is 0 Å². The fraction of sp³-hybridized carbons (Fsp3) is 0.444. The summed E-state index contributed by atoms with van der Waals surface area (Å²) >= 11 is 0. The molecule has 2 aromatic rings. The number of rotatable bonds is 3. The van der Waals surface area contributed by atoms with E-state index in [1.807, 2.05) is 18.2 Å². The Labute approximate surface area is 135 Å². The molecule has 1 spiro atoms. The van der Waals surface area contributed by atoms with Gasteiger partial charge in [-0.05, 0) is 43.0 Å². The van der Waals surface area contributed by atoms with E-state index in [0.29, 0.717) is 0 Å². The topological polar surface area (TPSA) is 58.4 Å². The molecule has 120 valence electrons. The molecular weight excluding hydrogens is 290 g/mol. The average Bonchev–Trinajstić information content (AvgIpc) is 3.19. The number of piperidine rings is 1. The molecule has 23 heavy (non-hydrogen) atoms. The van der Waals surface area contributed by atoms with Gasteiger partial charge in [0.2, 0.25) is 5.91 Å². The maximum atomic E-state index is 12.4. The van der Waals surface area contributed by atoms with Gasteiger partial charge < -0.3 is 9.73 Å². The van der Waals surface area contributed by atoms with Gasteiger partial charge in [-0.3, -0.25) is 14.7 Å². The summed E-state index contributed by atoms with van der Waals surface area (Å²) in [4.78, 5) is 18.9. The fourth-order valence-electron chi connectivity index (χ4n) is 3.86. The molecule has 5 heteroatoms. The van der Waals surface area contributed by atoms with E-state index in [1.165, 1.54) is 5.56 Å². The fourth-order valence-corrected chi connectivity index (χ4v) is 3.86. The Balaban J connectivity index is 1.40. The van der Waals surface area contributed by atoms with Crippen LogP contribution >= 0.6 is 0 Å². The third-order valence-corrected chi connectivity index (χ3v) is 5.21. The van der Waals surface area contributed by atoms with E-state index < -0.39 is 0 Å². The number of hydrogen-bond acceptors (Lipinski definition) is 4. The number of nitrogens with one attached hydrogen (secondary N) is 1. The lowest BCUT2D eigenvalue weighted by Gasteiger charge is -2.39. The van der Waals surface area contributed by atoms with Crippen LogP contribution in [0, 0.1) is 0 Å². The highest BCUT2D eigenvalue weighted by Gasteiger charge is 2.46. The Morgan fingerprint density at radius 3 is 2.74 bits per heavy atom. The molecule has 5 nitrogen and oxygen atoms in total. The molecule has 2 fully saturated rings. The van der Waals surface area contributed by atoms with Crippen LogP contribution in [0.1, 0.15) is 36.3 Å². The summed E-state index contributed by atoms with van der Waals surface area (Å²) in [5, 5.41) is 3.29. The Morgan fingerprint density at radius 2 is 2.04 bits per heavy atom. The molecule has 1 atom stereocenters. The summed E-state index contributed by atoms with van der Waals surface area (Å²) in [7, 11) is 0. The van der Waals surface area contributed by atoms with Crippen LogP contribution in [0.4, 0.5) is 0 Å². The lowest BCUT2D eigenvalue weighted by Crippen LogP contribution is -2.50. The molecular formula is C18H21N3O2. The van der Waals surface area contributed by atoms with Crippen molar-refractivity contribution >= 4 is 5.91 Å². The highest BCUT2D eigenvalue weighted by atomic mass is 16.3. The quantitative estimate of drug-likeness (QED) is 0.945. The third kappa shape index (κ3) is 2.88. The van der Waals surface area contributed by atoms with Crippen molar-refractivity contribution in [2.24, 2.45) is 0 Å². The molecule has 0 aromatic carbocycles. The molecule has 0 aliphatic carbocycles. The van der Waals surface area contributed by atoms with Gasteiger partial charge in [-0.15, -0.1) is 0 Å². The predicted octanol–water partition coefficient (Wildman–Crippen LogP) is 2.31. The third-order valence-electron chi connectivity index (χ3n) is 5.21. The van der Waals surface area contributed by atoms with Crippen molar-refractivity contribution in [1.29, 1.82) is 0 Å². The molecule has 0 saturated carbocycles. The Kier molecular flexibility index (Phi) is 3.65. The normalized spacial score (nSPS) is 24.0. The number of pyridine rings is 1. The summed E-state index contributed by atoms with van der Waals surface area (Å²) in [6.07, 6.45) is 9.98. The van der Waals surface area contributed by atoms with Gasteiger partial charge in [0.25, 0.3) is 0 Å². The van der Waals surface area contributed by atoms with Crippen LogP contribution in [0.5, 0.6) is 0 Å². The molecule has 2 aromatic heterocycles. The monoisotopic (exact) mass is 311 g/mol. The molecule has 1 amide bonds. The molecule has 4 rings (SSSR count). The van der Waals surface area contributed by atoms with Crippen molar-refractivity contribution in [1.82, 2.24) is 15.2 Å². The largest absolute Gasteiger partial charge is 0.472 e. The Bertz CT molecular complexity index is 661. The number of aromatic nitrogens is 1. The zero-order valence-corrected chi connectivity index (χ0v) is 13.1. The minimum atomic E-state index is -0.0298. The van der Waals surface area contributed by atoms with E-state index in [1.54, 1.807) is 24.9 Å². The minimum absolute atomic E-state index is 0.0292. The molecule has 4 heterocycles. The Hall–Kier alpha value is -2.14. The van der Waals surface area contributed by atoms with E-state index in [0.717, 1.165) is 44.5 Å². The first kappa shape index (κ1) is 14.5. The van der Waals surface area contributed by atoms with Crippen molar-refractivity contribution < 1.29 is 9.21 Å². The highest BCUT2D eigenvalue weighted by Crippen LogP contribution is 2.39. The summed E-state index contributed by atoms with van der Waals surface area (Å²) in [5.41, 5.74) is 2.26. The molecule has 2 aliphatic heterocycles. The van der Waals surface area contributed by atoms with Gasteiger partial charge in [0, 0.05) is 43.1 Å². The first-order valence-electron chi connectivity index (χ1n) is 8.20. The maximum absolute atomic E-state index is 12.4. The van der Waals surface area contributed by atoms with Gasteiger partial charge in [-0.25, -0.2) is 0 Å². The van der Waals surface area contributed by atoms with Gasteiger partial charge in [0.15, 0.2) is 0 Å². The summed E-state index contributed by atoms with van der Waals surface area (Å²) < 4.78 is 5.14. The molecule has 0 unspecified atom stereocenters. The van der Waals surface area contributed by atoms with Gasteiger partial charge in [-0.2, -0.15) is 0 Å². The van der Waals surface area contributed by atoms with E-state index in [-0.39, 0.29) is 17.4 Å². The van der Waals surface area contributed by atoms with Crippen molar-refractivity contribution in [3.8, 4) is 0 Å². The Morgan fingerprint density at radius 1 is 1.26 bits per heavy atom. The SMILES string of the molecule is O=C1NC2(CCN(Cc3ccoc3)CC2)C[C@@H]1c1ccncc1. The van der Waals surface area contributed by atoms with Gasteiger partial charge in [-0.1, -0.05) is 0 Å². The van der Waals surface area contributed by atoms with E-state index >= 15 is 0 Å². The number of nitrogens with zero attached hydrogens (tertiary/aromatic N) is 2. The van der Waals surface area contributed by atoms with E-state index in [2.05, 4.69) is 15.2 Å². The molecule has 2 saturated heterocycles. The van der Waals surface area contributed by atoms with Crippen LogP contribution in [-0.4, -0.2) is 34.4 Å². The smallest absolute Gasteiger partial charge is 0.228 e. The molecule has 2 aliphatic rings. The number of likely N-dealkylation sites (tertiary alicyclic amines) is 1. The van der Waals surface area contributed by atoms with Crippen molar-refractivity contribution in [3.63, 3.8) is 0 Å². The van der Waals surface area contributed by atoms with Crippen LogP contribution in [0.25, 0.3) is 0 Å². The first-order chi connectivity index (χ1) is 11.2. The summed E-state index contributed by atoms with van der Waals surface area (Å²) in [5.74, 6) is 0.137. The minimum Gasteiger partial charge on any atom is -0.472 e. The second-order valence-electron chi connectivity index (χ2n) is 6.71. The number of hydrogen-bond donors (Lipinski definition) is 1. The first-order valence-corrected chi connectivity index (χ1v) is 8.20. The lowest BCUT2D eigenvalue weighted by atomic mass is 9.82. The number of amides is 1. The number of carbonyl (C=O) groups excluding carboxylic acids is 1. The molecule has 1 N–H and O–H groups in total. The molecule has 0 radical (unpaired) electrons. The van der Waals surface area contributed by atoms with Crippen LogP contribution in [0.2, 0.25) is 0 Å². The maximum Gasteiger partial charge on any atom is 0.228 e. The van der Waals surface area contributed by atoms with Crippen molar-refractivity contribution in [2.75, 3.05) is 13.1 Å². The lowest BCUT2D eigenvalue weighted by molar-refractivity contribution is -0.121. The van der Waals surface area contributed by atoms with Gasteiger partial charge in [0.1, 0.15) is 0 Å². The summed E-state index contributed by atoms with van der Waals surface area (Å²) in [6.45, 7) is 2.94. The van der Waals surface area contributed by atoms with Crippen LogP contribution < -0.4 is 5.32 Å². The zero-order valence-electron chi connectivity index (χ0n) is 13.1.